The summed E-state index contributed by atoms with van der Waals surface area (Å²) >= 11 is 0. The lowest BCUT2D eigenvalue weighted by molar-refractivity contribution is 0.216. The molecule has 4 aromatic rings. The van der Waals surface area contributed by atoms with Crippen LogP contribution < -0.4 is 21.3 Å². The molecule has 7 rings (SSSR count). The topological polar surface area (TPSA) is 108 Å². The first-order valence-corrected chi connectivity index (χ1v) is 11.5. The quantitative estimate of drug-likeness (QED) is 0.371. The van der Waals surface area contributed by atoms with E-state index in [-0.39, 0.29) is 11.9 Å². The fraction of sp³-hybridized carbons (Fsp3) is 0.375. The molecule has 5 heterocycles. The maximum Gasteiger partial charge on any atom is 0.226 e. The van der Waals surface area contributed by atoms with Crippen molar-refractivity contribution >= 4 is 39.4 Å². The number of fused-ring (bicyclic) bond motifs is 6. The fourth-order valence-corrected chi connectivity index (χ4v) is 5.43. The third kappa shape index (κ3) is 3.43. The number of pyridine rings is 1. The van der Waals surface area contributed by atoms with Crippen molar-refractivity contribution in [2.75, 3.05) is 29.1 Å². The van der Waals surface area contributed by atoms with Gasteiger partial charge in [-0.25, -0.2) is 4.39 Å². The van der Waals surface area contributed by atoms with E-state index in [9.17, 15) is 4.39 Å². The van der Waals surface area contributed by atoms with E-state index in [2.05, 4.69) is 25.5 Å². The average molecular weight is 447 g/mol. The highest BCUT2D eigenvalue weighted by Gasteiger charge is 2.40. The van der Waals surface area contributed by atoms with Crippen molar-refractivity contribution in [2.24, 2.45) is 11.7 Å². The number of aromatic nitrogens is 4. The van der Waals surface area contributed by atoms with Crippen LogP contribution in [-0.4, -0.2) is 45.6 Å². The van der Waals surface area contributed by atoms with Gasteiger partial charge in [0.1, 0.15) is 17.3 Å². The van der Waals surface area contributed by atoms with Gasteiger partial charge < -0.3 is 26.3 Å². The number of hydrogen-bond acceptors (Lipinski definition) is 7. The normalized spacial score (nSPS) is 22.3. The third-order valence-corrected chi connectivity index (χ3v) is 7.11. The smallest absolute Gasteiger partial charge is 0.226 e. The Kier molecular flexibility index (Phi) is 4.79. The van der Waals surface area contributed by atoms with Crippen LogP contribution in [0.5, 0.6) is 0 Å². The number of nitrogens with one attached hydrogen (secondary N) is 3. The van der Waals surface area contributed by atoms with E-state index >= 15 is 0 Å². The van der Waals surface area contributed by atoms with Gasteiger partial charge in [-0.3, -0.25) is 4.98 Å². The molecule has 8 nitrogen and oxygen atoms in total. The third-order valence-electron chi connectivity index (χ3n) is 7.11. The van der Waals surface area contributed by atoms with Crippen LogP contribution in [0.25, 0.3) is 21.9 Å². The van der Waals surface area contributed by atoms with Crippen molar-refractivity contribution in [3.8, 4) is 0 Å². The molecule has 2 aliphatic heterocycles. The van der Waals surface area contributed by atoms with E-state index in [1.807, 2.05) is 18.3 Å². The van der Waals surface area contributed by atoms with Crippen molar-refractivity contribution in [3.05, 3.63) is 48.0 Å². The second-order valence-electron chi connectivity index (χ2n) is 9.10. The van der Waals surface area contributed by atoms with Crippen LogP contribution in [0.3, 0.4) is 0 Å². The Morgan fingerprint density at radius 3 is 2.91 bits per heavy atom. The zero-order chi connectivity index (χ0) is 22.5. The zero-order valence-corrected chi connectivity index (χ0v) is 18.5. The monoisotopic (exact) mass is 446 g/mol. The largest absolute Gasteiger partial charge is 0.386 e. The molecule has 3 aliphatic rings. The molecule has 1 aliphatic carbocycles. The van der Waals surface area contributed by atoms with Crippen LogP contribution in [0.1, 0.15) is 24.8 Å². The molecule has 1 aromatic carbocycles. The Labute approximate surface area is 190 Å². The van der Waals surface area contributed by atoms with E-state index in [0.29, 0.717) is 35.8 Å². The molecule has 0 amide bonds. The highest BCUT2D eigenvalue weighted by atomic mass is 19.1. The van der Waals surface area contributed by atoms with Gasteiger partial charge in [0, 0.05) is 50.0 Å². The zero-order valence-electron chi connectivity index (χ0n) is 18.5. The van der Waals surface area contributed by atoms with Crippen molar-refractivity contribution in [1.29, 1.82) is 0 Å². The predicted molar refractivity (Wildman–Crippen MR) is 129 cm³/mol. The van der Waals surface area contributed by atoms with Crippen LogP contribution in [0.15, 0.2) is 36.7 Å². The minimum atomic E-state index is -0.292. The highest BCUT2D eigenvalue weighted by Crippen LogP contribution is 2.42. The van der Waals surface area contributed by atoms with Gasteiger partial charge in [-0.1, -0.05) is 6.07 Å². The van der Waals surface area contributed by atoms with E-state index < -0.39 is 0 Å². The number of anilines is 3. The van der Waals surface area contributed by atoms with E-state index in [1.165, 1.54) is 6.07 Å². The number of H-pyrrole nitrogens is 1. The molecular formula is C24H27FN8. The van der Waals surface area contributed by atoms with Crippen LogP contribution in [0.4, 0.5) is 21.8 Å². The summed E-state index contributed by atoms with van der Waals surface area (Å²) in [4.78, 5) is 19.7. The number of rotatable bonds is 5. The molecule has 0 radical (unpaired) electrons. The van der Waals surface area contributed by atoms with Crippen LogP contribution in [-0.2, 0) is 6.54 Å². The van der Waals surface area contributed by atoms with Gasteiger partial charge in [-0.15, -0.1) is 0 Å². The average Bonchev–Trinajstić information content (AvgIpc) is 3.21. The summed E-state index contributed by atoms with van der Waals surface area (Å²) in [5.41, 5.74) is 9.66. The van der Waals surface area contributed by atoms with Crippen LogP contribution >= 0.6 is 0 Å². The summed E-state index contributed by atoms with van der Waals surface area (Å²) in [7, 11) is 1.79. The molecule has 1 saturated carbocycles. The number of hydrogen-bond donors (Lipinski definition) is 4. The second-order valence-corrected chi connectivity index (χ2v) is 9.10. The first-order chi connectivity index (χ1) is 16.1. The number of benzene rings is 1. The first kappa shape index (κ1) is 20.2. The molecule has 0 spiro atoms. The molecule has 33 heavy (non-hydrogen) atoms. The van der Waals surface area contributed by atoms with Crippen molar-refractivity contribution < 1.29 is 4.39 Å². The number of nitrogens with zero attached hydrogens (tertiary/aromatic N) is 4. The molecule has 2 bridgehead atoms. The molecule has 3 atom stereocenters. The van der Waals surface area contributed by atoms with Gasteiger partial charge in [-0.2, -0.15) is 9.97 Å². The van der Waals surface area contributed by atoms with Gasteiger partial charge in [-0.05, 0) is 48.9 Å². The maximum atomic E-state index is 14.5. The summed E-state index contributed by atoms with van der Waals surface area (Å²) < 4.78 is 14.5. The van der Waals surface area contributed by atoms with Gasteiger partial charge in [0.05, 0.1) is 16.6 Å². The lowest BCUT2D eigenvalue weighted by Gasteiger charge is -2.49. The Morgan fingerprint density at radius 1 is 1.27 bits per heavy atom. The van der Waals surface area contributed by atoms with Gasteiger partial charge in [0.15, 0.2) is 0 Å². The molecule has 5 N–H and O–H groups in total. The first-order valence-electron chi connectivity index (χ1n) is 11.5. The summed E-state index contributed by atoms with van der Waals surface area (Å²) in [5, 5.41) is 8.08. The molecule has 9 heteroatoms. The second kappa shape index (κ2) is 7.84. The predicted octanol–water partition coefficient (Wildman–Crippen LogP) is 3.62. The SMILES string of the molecule is CNc1cc(F)cc2c1[nH]c1nc(NCc3cccnc3)nc(N3CC4CCC3CC4N)c12. The van der Waals surface area contributed by atoms with Crippen molar-refractivity contribution in [1.82, 2.24) is 19.9 Å². The number of nitrogens with two attached hydrogens (primary N) is 1. The van der Waals surface area contributed by atoms with Crippen LogP contribution in [0, 0.1) is 11.7 Å². The summed E-state index contributed by atoms with van der Waals surface area (Å²) in [6.07, 6.45) is 6.77. The summed E-state index contributed by atoms with van der Waals surface area (Å²) in [6.45, 7) is 1.42. The summed E-state index contributed by atoms with van der Waals surface area (Å²) in [5.74, 6) is 1.53. The Hall–Kier alpha value is -3.46. The highest BCUT2D eigenvalue weighted by molar-refractivity contribution is 6.14. The molecular weight excluding hydrogens is 419 g/mol. The van der Waals surface area contributed by atoms with E-state index in [1.54, 1.807) is 19.3 Å². The van der Waals surface area contributed by atoms with E-state index in [4.69, 9.17) is 15.7 Å². The van der Waals surface area contributed by atoms with Crippen molar-refractivity contribution in [3.63, 3.8) is 0 Å². The Morgan fingerprint density at radius 2 is 2.18 bits per heavy atom. The minimum Gasteiger partial charge on any atom is -0.386 e. The maximum absolute atomic E-state index is 14.5. The molecule has 2 saturated heterocycles. The molecule has 170 valence electrons. The van der Waals surface area contributed by atoms with Crippen molar-refractivity contribution in [2.45, 2.75) is 37.9 Å². The Bertz CT molecular complexity index is 1320. The lowest BCUT2D eigenvalue weighted by atomic mass is 9.76. The minimum absolute atomic E-state index is 0.233. The summed E-state index contributed by atoms with van der Waals surface area (Å²) in [6, 6.07) is 7.54. The molecule has 3 unspecified atom stereocenters. The van der Waals surface area contributed by atoms with Gasteiger partial charge >= 0.3 is 0 Å². The molecule has 3 aromatic heterocycles. The molecule has 3 fully saturated rings. The lowest BCUT2D eigenvalue weighted by Crippen LogP contribution is -2.57. The van der Waals surface area contributed by atoms with E-state index in [0.717, 1.165) is 53.5 Å². The van der Waals surface area contributed by atoms with Gasteiger partial charge in [0.25, 0.3) is 0 Å². The fourth-order valence-electron chi connectivity index (χ4n) is 5.43. The standard InChI is InChI=1S/C24H27FN8/c1-27-19-8-15(25)7-17-20-22(30-21(17)19)31-24(29-11-13-3-2-6-28-10-13)32-23(20)33-12-14-4-5-16(33)9-18(14)26/h2-3,6-8,10,14,16,18,27H,4-5,9,11-12,26H2,1H3,(H2,29,30,31,32). The number of piperidine rings is 2. The van der Waals surface area contributed by atoms with Gasteiger partial charge in [0.2, 0.25) is 5.95 Å². The number of aromatic amines is 1. The number of halogens is 1. The van der Waals surface area contributed by atoms with Crippen LogP contribution in [0.2, 0.25) is 0 Å². The Balaban J connectivity index is 1.50.